The van der Waals surface area contributed by atoms with Gasteiger partial charge in [-0.1, -0.05) is 0 Å². The van der Waals surface area contributed by atoms with E-state index in [-0.39, 0.29) is 11.8 Å². The minimum Gasteiger partial charge on any atom is -0.379 e. The molecule has 2 aliphatic heterocycles. The molecule has 7 nitrogen and oxygen atoms in total. The summed E-state index contributed by atoms with van der Waals surface area (Å²) >= 11 is 0. The van der Waals surface area contributed by atoms with Gasteiger partial charge in [0, 0.05) is 44.5 Å². The number of pyridine rings is 1. The number of ether oxygens (including phenoxy) is 1. The van der Waals surface area contributed by atoms with Gasteiger partial charge in [0.15, 0.2) is 9.84 Å². The molecule has 1 aromatic rings. The third kappa shape index (κ3) is 4.56. The van der Waals surface area contributed by atoms with Crippen molar-refractivity contribution in [2.45, 2.75) is 23.7 Å². The van der Waals surface area contributed by atoms with Crippen LogP contribution in [-0.4, -0.2) is 81.3 Å². The van der Waals surface area contributed by atoms with Crippen LogP contribution in [0.2, 0.25) is 0 Å². The molecule has 0 radical (unpaired) electrons. The number of sulfone groups is 1. The average Bonchev–Trinajstić information content (AvgIpc) is 2.62. The van der Waals surface area contributed by atoms with Crippen molar-refractivity contribution in [3.63, 3.8) is 0 Å². The Bertz CT molecular complexity index is 708. The van der Waals surface area contributed by atoms with E-state index in [0.717, 1.165) is 25.9 Å². The maximum absolute atomic E-state index is 12.5. The average molecular weight is 367 g/mol. The van der Waals surface area contributed by atoms with E-state index in [1.54, 1.807) is 18.3 Å². The Labute approximate surface area is 148 Å². The standard InChI is InChI=1S/C17H25N3O4S/c1-25(22,23)15-3-2-6-18-17(15)14-4-7-20(8-5-14)16(21)13-19-9-11-24-12-10-19/h2-3,6,14H,4-5,7-13H2,1H3. The van der Waals surface area contributed by atoms with Gasteiger partial charge in [-0.3, -0.25) is 14.7 Å². The van der Waals surface area contributed by atoms with Gasteiger partial charge in [-0.15, -0.1) is 0 Å². The number of carbonyl (C=O) groups is 1. The quantitative estimate of drug-likeness (QED) is 0.772. The van der Waals surface area contributed by atoms with Crippen LogP contribution >= 0.6 is 0 Å². The first kappa shape index (κ1) is 18.3. The number of hydrogen-bond donors (Lipinski definition) is 0. The molecule has 0 spiro atoms. The lowest BCUT2D eigenvalue weighted by Crippen LogP contribution is -2.46. The van der Waals surface area contributed by atoms with Crippen LogP contribution in [0.1, 0.15) is 24.5 Å². The van der Waals surface area contributed by atoms with Crippen LogP contribution < -0.4 is 0 Å². The first-order valence-corrected chi connectivity index (χ1v) is 10.6. The highest BCUT2D eigenvalue weighted by atomic mass is 32.2. The summed E-state index contributed by atoms with van der Waals surface area (Å²) in [6, 6.07) is 3.27. The molecule has 3 heterocycles. The van der Waals surface area contributed by atoms with Crippen LogP contribution in [0.25, 0.3) is 0 Å². The largest absolute Gasteiger partial charge is 0.379 e. The number of likely N-dealkylation sites (tertiary alicyclic amines) is 1. The molecule has 0 aliphatic carbocycles. The van der Waals surface area contributed by atoms with Crippen LogP contribution in [0.4, 0.5) is 0 Å². The van der Waals surface area contributed by atoms with E-state index in [4.69, 9.17) is 4.74 Å². The maximum Gasteiger partial charge on any atom is 0.236 e. The zero-order chi connectivity index (χ0) is 17.9. The third-order valence-corrected chi connectivity index (χ3v) is 6.04. The molecule has 0 saturated carbocycles. The molecular formula is C17H25N3O4S. The number of carbonyl (C=O) groups excluding carboxylic acids is 1. The molecule has 138 valence electrons. The van der Waals surface area contributed by atoms with Gasteiger partial charge in [-0.05, 0) is 25.0 Å². The van der Waals surface area contributed by atoms with E-state index in [1.165, 1.54) is 6.26 Å². The first-order valence-electron chi connectivity index (χ1n) is 8.68. The second-order valence-electron chi connectivity index (χ2n) is 6.70. The highest BCUT2D eigenvalue weighted by molar-refractivity contribution is 7.90. The summed E-state index contributed by atoms with van der Waals surface area (Å²) in [6.45, 7) is 4.70. The lowest BCUT2D eigenvalue weighted by molar-refractivity contribution is -0.134. The van der Waals surface area contributed by atoms with E-state index >= 15 is 0 Å². The molecule has 3 rings (SSSR count). The van der Waals surface area contributed by atoms with Gasteiger partial charge in [-0.25, -0.2) is 8.42 Å². The SMILES string of the molecule is CS(=O)(=O)c1cccnc1C1CCN(C(=O)CN2CCOCC2)CC1. The minimum absolute atomic E-state index is 0.0818. The highest BCUT2D eigenvalue weighted by Gasteiger charge is 2.28. The van der Waals surface area contributed by atoms with Crippen LogP contribution in [0.5, 0.6) is 0 Å². The van der Waals surface area contributed by atoms with Crippen molar-refractivity contribution in [1.82, 2.24) is 14.8 Å². The Kier molecular flexibility index (Phi) is 5.71. The summed E-state index contributed by atoms with van der Waals surface area (Å²) in [4.78, 5) is 21.1. The fraction of sp³-hybridized carbons (Fsp3) is 0.647. The molecule has 0 atom stereocenters. The number of hydrogen-bond acceptors (Lipinski definition) is 6. The second kappa shape index (κ2) is 7.80. The molecule has 8 heteroatoms. The molecule has 1 amide bonds. The van der Waals surface area contributed by atoms with Crippen LogP contribution in [-0.2, 0) is 19.4 Å². The predicted octanol–water partition coefficient (Wildman–Crippen LogP) is 0.523. The summed E-state index contributed by atoms with van der Waals surface area (Å²) in [5.41, 5.74) is 0.644. The Morgan fingerprint density at radius 2 is 1.92 bits per heavy atom. The van der Waals surface area contributed by atoms with Gasteiger partial charge in [0.2, 0.25) is 5.91 Å². The topological polar surface area (TPSA) is 79.8 Å². The van der Waals surface area contributed by atoms with Crippen molar-refractivity contribution in [1.29, 1.82) is 0 Å². The molecule has 2 aliphatic rings. The van der Waals surface area contributed by atoms with Gasteiger partial charge in [0.05, 0.1) is 30.3 Å². The third-order valence-electron chi connectivity index (χ3n) is 4.90. The van der Waals surface area contributed by atoms with Crippen molar-refractivity contribution < 1.29 is 17.9 Å². The second-order valence-corrected chi connectivity index (χ2v) is 8.69. The monoisotopic (exact) mass is 367 g/mol. The molecule has 0 bridgehead atoms. The van der Waals surface area contributed by atoms with Crippen molar-refractivity contribution in [3.8, 4) is 0 Å². The zero-order valence-corrected chi connectivity index (χ0v) is 15.4. The van der Waals surface area contributed by atoms with Crippen molar-refractivity contribution >= 4 is 15.7 Å². The summed E-state index contributed by atoms with van der Waals surface area (Å²) in [5, 5.41) is 0. The highest BCUT2D eigenvalue weighted by Crippen LogP contribution is 2.30. The summed E-state index contributed by atoms with van der Waals surface area (Å²) in [7, 11) is -3.29. The van der Waals surface area contributed by atoms with Crippen LogP contribution in [0.3, 0.4) is 0 Å². The Morgan fingerprint density at radius 3 is 2.56 bits per heavy atom. The lowest BCUT2D eigenvalue weighted by Gasteiger charge is -2.34. The van der Waals surface area contributed by atoms with Crippen LogP contribution in [0.15, 0.2) is 23.2 Å². The number of morpholine rings is 1. The van der Waals surface area contributed by atoms with Gasteiger partial charge in [0.25, 0.3) is 0 Å². The normalized spacial score (nSPS) is 20.6. The molecule has 25 heavy (non-hydrogen) atoms. The van der Waals surface area contributed by atoms with Crippen molar-refractivity contribution in [3.05, 3.63) is 24.0 Å². The molecule has 0 aromatic carbocycles. The number of amides is 1. The smallest absolute Gasteiger partial charge is 0.236 e. The van der Waals surface area contributed by atoms with Gasteiger partial charge in [0.1, 0.15) is 0 Å². The number of piperidine rings is 1. The molecule has 2 fully saturated rings. The summed E-state index contributed by atoms with van der Waals surface area (Å²) < 4.78 is 29.2. The van der Waals surface area contributed by atoms with E-state index in [2.05, 4.69) is 9.88 Å². The van der Waals surface area contributed by atoms with E-state index < -0.39 is 9.84 Å². The molecule has 2 saturated heterocycles. The minimum atomic E-state index is -3.29. The van der Waals surface area contributed by atoms with E-state index in [0.29, 0.717) is 43.4 Å². The number of nitrogens with zero attached hydrogens (tertiary/aromatic N) is 3. The van der Waals surface area contributed by atoms with E-state index in [1.807, 2.05) is 4.90 Å². The first-order chi connectivity index (χ1) is 11.9. The fourth-order valence-corrected chi connectivity index (χ4v) is 4.40. The fourth-order valence-electron chi connectivity index (χ4n) is 3.48. The van der Waals surface area contributed by atoms with E-state index in [9.17, 15) is 13.2 Å². The summed E-state index contributed by atoms with van der Waals surface area (Å²) in [6.07, 6.45) is 4.34. The zero-order valence-electron chi connectivity index (χ0n) is 14.6. The van der Waals surface area contributed by atoms with Crippen LogP contribution in [0, 0.1) is 0 Å². The van der Waals surface area contributed by atoms with Crippen molar-refractivity contribution in [2.24, 2.45) is 0 Å². The lowest BCUT2D eigenvalue weighted by atomic mass is 9.93. The number of aromatic nitrogens is 1. The van der Waals surface area contributed by atoms with Gasteiger partial charge >= 0.3 is 0 Å². The summed E-state index contributed by atoms with van der Waals surface area (Å²) in [5.74, 6) is 0.225. The maximum atomic E-state index is 12.5. The molecular weight excluding hydrogens is 342 g/mol. The number of rotatable bonds is 4. The Hall–Kier alpha value is -1.51. The Morgan fingerprint density at radius 1 is 1.24 bits per heavy atom. The predicted molar refractivity (Wildman–Crippen MR) is 93.2 cm³/mol. The molecule has 0 unspecified atom stereocenters. The Balaban J connectivity index is 1.60. The molecule has 1 aromatic heterocycles. The van der Waals surface area contributed by atoms with Crippen molar-refractivity contribution in [2.75, 3.05) is 52.2 Å². The van der Waals surface area contributed by atoms with Gasteiger partial charge < -0.3 is 9.64 Å². The van der Waals surface area contributed by atoms with Gasteiger partial charge in [-0.2, -0.15) is 0 Å². The molecule has 0 N–H and O–H groups in total.